The molecule has 0 aromatic heterocycles. The Bertz CT molecular complexity index is 260. The molecule has 2 heteroatoms. The van der Waals surface area contributed by atoms with Crippen molar-refractivity contribution in [2.75, 3.05) is 5.75 Å². The van der Waals surface area contributed by atoms with Gasteiger partial charge in [0.1, 0.15) is 0 Å². The summed E-state index contributed by atoms with van der Waals surface area (Å²) in [5, 5.41) is 0.375. The lowest BCUT2D eigenvalue weighted by Gasteiger charge is -2.00. The van der Waals surface area contributed by atoms with Crippen LogP contribution < -0.4 is 0 Å². The molecule has 22 heavy (non-hydrogen) atoms. The van der Waals surface area contributed by atoms with Gasteiger partial charge in [-0.05, 0) is 37.9 Å². The zero-order valence-electron chi connectivity index (χ0n) is 15.1. The van der Waals surface area contributed by atoms with Gasteiger partial charge >= 0.3 is 0 Å². The number of thioether (sulfide) groups is 1. The molecule has 0 aliphatic heterocycles. The molecule has 0 atom stereocenters. The highest BCUT2D eigenvalue weighted by Crippen LogP contribution is 2.12. The summed E-state index contributed by atoms with van der Waals surface area (Å²) in [6.07, 6.45) is 22.6. The van der Waals surface area contributed by atoms with E-state index in [1.807, 2.05) is 6.92 Å². The molecule has 130 valence electrons. The first-order chi connectivity index (χ1) is 10.8. The number of carbonyl (C=O) groups is 1. The van der Waals surface area contributed by atoms with Crippen LogP contribution in [0.2, 0.25) is 0 Å². The standard InChI is InChI=1S/C20H38OS/c1-3-5-6-7-8-9-10-11-12-13-14-15-16-17-18-19-20(21)22-4-2/h11-12H,3-10,13-19H2,1-2H3. The van der Waals surface area contributed by atoms with E-state index in [2.05, 4.69) is 19.1 Å². The minimum atomic E-state index is 0.375. The van der Waals surface area contributed by atoms with Crippen LogP contribution in [0.15, 0.2) is 12.2 Å². The van der Waals surface area contributed by atoms with Crippen LogP contribution >= 0.6 is 11.8 Å². The third-order valence-corrected chi connectivity index (χ3v) is 4.76. The van der Waals surface area contributed by atoms with Crippen LogP contribution in [0.1, 0.15) is 104 Å². The Morgan fingerprint density at radius 3 is 1.77 bits per heavy atom. The first-order valence-electron chi connectivity index (χ1n) is 9.61. The first-order valence-corrected chi connectivity index (χ1v) is 10.6. The molecular formula is C20H38OS. The molecule has 0 N–H and O–H groups in total. The van der Waals surface area contributed by atoms with E-state index in [1.165, 1.54) is 88.8 Å². The molecule has 0 aromatic rings. The summed E-state index contributed by atoms with van der Waals surface area (Å²) in [4.78, 5) is 11.3. The van der Waals surface area contributed by atoms with Crippen LogP contribution in [-0.2, 0) is 4.79 Å². The minimum absolute atomic E-state index is 0.375. The predicted octanol–water partition coefficient (Wildman–Crippen LogP) is 7.30. The lowest BCUT2D eigenvalue weighted by atomic mass is 10.1. The van der Waals surface area contributed by atoms with E-state index < -0.39 is 0 Å². The van der Waals surface area contributed by atoms with Gasteiger partial charge in [-0.15, -0.1) is 0 Å². The van der Waals surface area contributed by atoms with Gasteiger partial charge in [-0.3, -0.25) is 4.79 Å². The molecule has 0 amide bonds. The normalized spacial score (nSPS) is 11.4. The van der Waals surface area contributed by atoms with E-state index in [-0.39, 0.29) is 0 Å². The fourth-order valence-corrected chi connectivity index (χ4v) is 3.18. The van der Waals surface area contributed by atoms with Gasteiger partial charge in [-0.2, -0.15) is 0 Å². The average Bonchev–Trinajstić information content (AvgIpc) is 2.51. The predicted molar refractivity (Wildman–Crippen MR) is 103 cm³/mol. The summed E-state index contributed by atoms with van der Waals surface area (Å²) in [6.45, 7) is 4.32. The van der Waals surface area contributed by atoms with E-state index in [9.17, 15) is 4.79 Å². The number of allylic oxidation sites excluding steroid dienone is 2. The SMILES string of the molecule is CCCCCCCCC=CCCCCCCCC(=O)SCC. The lowest BCUT2D eigenvalue weighted by molar-refractivity contribution is -0.111. The Morgan fingerprint density at radius 2 is 1.23 bits per heavy atom. The fourth-order valence-electron chi connectivity index (χ4n) is 2.57. The molecule has 0 aliphatic carbocycles. The van der Waals surface area contributed by atoms with Crippen molar-refractivity contribution in [1.29, 1.82) is 0 Å². The minimum Gasteiger partial charge on any atom is -0.287 e. The van der Waals surface area contributed by atoms with Crippen LogP contribution in [0.3, 0.4) is 0 Å². The Balaban J connectivity index is 3.12. The van der Waals surface area contributed by atoms with Gasteiger partial charge in [0.25, 0.3) is 0 Å². The molecule has 0 saturated carbocycles. The van der Waals surface area contributed by atoms with Crippen LogP contribution in [0.5, 0.6) is 0 Å². The van der Waals surface area contributed by atoms with Crippen molar-refractivity contribution in [3.63, 3.8) is 0 Å². The van der Waals surface area contributed by atoms with Gasteiger partial charge in [-0.25, -0.2) is 0 Å². The second-order valence-electron chi connectivity index (χ2n) is 6.14. The lowest BCUT2D eigenvalue weighted by Crippen LogP contribution is -1.91. The Morgan fingerprint density at radius 1 is 0.727 bits per heavy atom. The quantitative estimate of drug-likeness (QED) is 0.218. The molecule has 0 fully saturated rings. The van der Waals surface area contributed by atoms with Crippen molar-refractivity contribution >= 4 is 16.9 Å². The third kappa shape index (κ3) is 17.8. The van der Waals surface area contributed by atoms with Gasteiger partial charge in [0.15, 0.2) is 5.12 Å². The highest BCUT2D eigenvalue weighted by Gasteiger charge is 1.99. The first kappa shape index (κ1) is 21.8. The van der Waals surface area contributed by atoms with Gasteiger partial charge in [0.05, 0.1) is 0 Å². The molecule has 0 aliphatic rings. The van der Waals surface area contributed by atoms with Gasteiger partial charge in [0.2, 0.25) is 0 Å². The summed E-state index contributed by atoms with van der Waals surface area (Å²) in [5.74, 6) is 0.921. The summed E-state index contributed by atoms with van der Waals surface area (Å²) < 4.78 is 0. The molecule has 0 saturated heterocycles. The van der Waals surface area contributed by atoms with Crippen molar-refractivity contribution in [2.24, 2.45) is 0 Å². The summed E-state index contributed by atoms with van der Waals surface area (Å²) >= 11 is 1.47. The summed E-state index contributed by atoms with van der Waals surface area (Å²) in [7, 11) is 0. The second kappa shape index (κ2) is 18.8. The number of rotatable bonds is 16. The summed E-state index contributed by atoms with van der Waals surface area (Å²) in [5.41, 5.74) is 0. The molecule has 0 aromatic carbocycles. The fraction of sp³-hybridized carbons (Fsp3) is 0.850. The van der Waals surface area contributed by atoms with E-state index in [0.29, 0.717) is 5.12 Å². The van der Waals surface area contributed by atoms with Gasteiger partial charge < -0.3 is 0 Å². The van der Waals surface area contributed by atoms with Crippen LogP contribution in [-0.4, -0.2) is 10.9 Å². The topological polar surface area (TPSA) is 17.1 Å². The van der Waals surface area contributed by atoms with Crippen LogP contribution in [0.4, 0.5) is 0 Å². The zero-order chi connectivity index (χ0) is 16.3. The smallest absolute Gasteiger partial charge is 0.188 e. The Labute approximate surface area is 143 Å². The van der Waals surface area contributed by atoms with E-state index in [0.717, 1.165) is 18.6 Å². The monoisotopic (exact) mass is 326 g/mol. The van der Waals surface area contributed by atoms with Gasteiger partial charge in [-0.1, -0.05) is 89.1 Å². The van der Waals surface area contributed by atoms with Crippen LogP contribution in [0.25, 0.3) is 0 Å². The summed E-state index contributed by atoms with van der Waals surface area (Å²) in [6, 6.07) is 0. The molecule has 0 unspecified atom stereocenters. The largest absolute Gasteiger partial charge is 0.287 e. The molecule has 0 bridgehead atoms. The van der Waals surface area contributed by atoms with E-state index in [4.69, 9.17) is 0 Å². The van der Waals surface area contributed by atoms with E-state index >= 15 is 0 Å². The van der Waals surface area contributed by atoms with Crippen molar-refractivity contribution < 1.29 is 4.79 Å². The molecule has 0 rings (SSSR count). The maximum Gasteiger partial charge on any atom is 0.188 e. The Kier molecular flexibility index (Phi) is 18.6. The number of hydrogen-bond acceptors (Lipinski definition) is 2. The number of carbonyl (C=O) groups excluding carboxylic acids is 1. The van der Waals surface area contributed by atoms with E-state index in [1.54, 1.807) is 0 Å². The van der Waals surface area contributed by atoms with Crippen molar-refractivity contribution in [3.05, 3.63) is 12.2 Å². The van der Waals surface area contributed by atoms with Crippen LogP contribution in [0, 0.1) is 0 Å². The molecule has 1 nitrogen and oxygen atoms in total. The number of unbranched alkanes of at least 4 members (excludes halogenated alkanes) is 11. The Hall–Kier alpha value is -0.240. The van der Waals surface area contributed by atoms with Gasteiger partial charge in [0, 0.05) is 6.42 Å². The zero-order valence-corrected chi connectivity index (χ0v) is 15.9. The van der Waals surface area contributed by atoms with Crippen molar-refractivity contribution in [3.8, 4) is 0 Å². The molecule has 0 heterocycles. The average molecular weight is 327 g/mol. The molecular weight excluding hydrogens is 288 g/mol. The highest BCUT2D eigenvalue weighted by atomic mass is 32.2. The number of hydrogen-bond donors (Lipinski definition) is 0. The second-order valence-corrected chi connectivity index (χ2v) is 7.46. The maximum absolute atomic E-state index is 11.3. The van der Waals surface area contributed by atoms with Crippen molar-refractivity contribution in [2.45, 2.75) is 104 Å². The maximum atomic E-state index is 11.3. The highest BCUT2D eigenvalue weighted by molar-refractivity contribution is 8.13. The molecule has 0 spiro atoms. The third-order valence-electron chi connectivity index (χ3n) is 3.95. The molecule has 0 radical (unpaired) electrons. The van der Waals surface area contributed by atoms with Crippen molar-refractivity contribution in [1.82, 2.24) is 0 Å².